The van der Waals surface area contributed by atoms with Gasteiger partial charge >= 0.3 is 5.63 Å². The molecule has 2 aromatic rings. The second-order valence-corrected chi connectivity index (χ2v) is 13.6. The van der Waals surface area contributed by atoms with Gasteiger partial charge < -0.3 is 9.15 Å². The number of hydrogen-bond acceptors (Lipinski definition) is 3. The average molecular weight is 553 g/mol. The van der Waals surface area contributed by atoms with E-state index in [2.05, 4.69) is 13.8 Å². The van der Waals surface area contributed by atoms with Crippen LogP contribution in [0.1, 0.15) is 141 Å². The van der Waals surface area contributed by atoms with E-state index in [9.17, 15) is 4.79 Å². The van der Waals surface area contributed by atoms with E-state index in [1.807, 2.05) is 12.1 Å². The van der Waals surface area contributed by atoms with Crippen molar-refractivity contribution >= 4 is 10.8 Å². The fourth-order valence-electron chi connectivity index (χ4n) is 8.25. The lowest BCUT2D eigenvalue weighted by atomic mass is 9.69. The zero-order valence-corrected chi connectivity index (χ0v) is 25.2. The molecule has 0 spiro atoms. The van der Waals surface area contributed by atoms with Crippen LogP contribution >= 0.6 is 0 Å². The molecule has 3 fully saturated rings. The molecule has 4 heteroatoms. The van der Waals surface area contributed by atoms with Crippen LogP contribution in [0.15, 0.2) is 27.4 Å². The normalized spacial score (nSPS) is 29.5. The summed E-state index contributed by atoms with van der Waals surface area (Å²) in [5, 5.41) is 0.665. The third-order valence-electron chi connectivity index (χ3n) is 11.1. The summed E-state index contributed by atoms with van der Waals surface area (Å²) in [7, 11) is 0. The number of rotatable bonds is 11. The van der Waals surface area contributed by atoms with Crippen molar-refractivity contribution in [1.82, 2.24) is 0 Å². The van der Waals surface area contributed by atoms with Gasteiger partial charge in [0.15, 0.2) is 11.6 Å². The lowest BCUT2D eigenvalue weighted by molar-refractivity contribution is 0.120. The van der Waals surface area contributed by atoms with Crippen LogP contribution in [0.5, 0.6) is 5.75 Å². The Labute approximate surface area is 241 Å². The number of unbranched alkanes of at least 4 members (excludes halogenated alkanes) is 3. The summed E-state index contributed by atoms with van der Waals surface area (Å²) >= 11 is 0. The van der Waals surface area contributed by atoms with Gasteiger partial charge in [-0.25, -0.2) is 9.18 Å². The Kier molecular flexibility index (Phi) is 10.6. The van der Waals surface area contributed by atoms with E-state index in [-0.39, 0.29) is 17.1 Å². The zero-order valence-electron chi connectivity index (χ0n) is 25.2. The summed E-state index contributed by atoms with van der Waals surface area (Å²) in [4.78, 5) is 12.9. The molecule has 1 aromatic carbocycles. The van der Waals surface area contributed by atoms with Crippen LogP contribution in [-0.2, 0) is 0 Å². The van der Waals surface area contributed by atoms with E-state index in [1.165, 1.54) is 103 Å². The number of hydrogen-bond donors (Lipinski definition) is 0. The molecule has 40 heavy (non-hydrogen) atoms. The van der Waals surface area contributed by atoms with Crippen LogP contribution in [0.25, 0.3) is 10.8 Å². The lowest BCUT2D eigenvalue weighted by Gasteiger charge is -2.38. The fourth-order valence-corrected chi connectivity index (χ4v) is 8.25. The van der Waals surface area contributed by atoms with Gasteiger partial charge in [-0.2, -0.15) is 0 Å². The second-order valence-electron chi connectivity index (χ2n) is 13.6. The number of fused-ring (bicyclic) bond motifs is 1. The second kappa shape index (κ2) is 14.4. The van der Waals surface area contributed by atoms with Crippen molar-refractivity contribution in [2.24, 2.45) is 29.6 Å². The summed E-state index contributed by atoms with van der Waals surface area (Å²) < 4.78 is 27.1. The van der Waals surface area contributed by atoms with Crippen molar-refractivity contribution in [2.45, 2.75) is 135 Å². The molecule has 0 aliphatic heterocycles. The molecule has 3 saturated carbocycles. The first-order valence-corrected chi connectivity index (χ1v) is 16.9. The molecule has 3 nitrogen and oxygen atoms in total. The molecule has 222 valence electrons. The Hall–Kier alpha value is -1.84. The molecular weight excluding hydrogens is 499 g/mol. The molecule has 0 amide bonds. The Balaban J connectivity index is 1.09. The quantitative estimate of drug-likeness (QED) is 0.260. The van der Waals surface area contributed by atoms with Gasteiger partial charge in [-0.15, -0.1) is 0 Å². The first-order valence-electron chi connectivity index (χ1n) is 16.9. The molecule has 5 rings (SSSR count). The van der Waals surface area contributed by atoms with Crippen LogP contribution in [0, 0.1) is 35.4 Å². The maximum atomic E-state index is 15.4. The molecule has 0 bridgehead atoms. The van der Waals surface area contributed by atoms with Crippen molar-refractivity contribution in [3.8, 4) is 5.75 Å². The van der Waals surface area contributed by atoms with Gasteiger partial charge in [0.05, 0.1) is 6.61 Å². The topological polar surface area (TPSA) is 39.4 Å². The highest BCUT2D eigenvalue weighted by atomic mass is 19.1. The summed E-state index contributed by atoms with van der Waals surface area (Å²) in [5.74, 6) is 4.62. The van der Waals surface area contributed by atoms with Crippen molar-refractivity contribution in [3.63, 3.8) is 0 Å². The van der Waals surface area contributed by atoms with Crippen molar-refractivity contribution < 1.29 is 13.5 Å². The molecule has 1 aromatic heterocycles. The van der Waals surface area contributed by atoms with Gasteiger partial charge in [0.25, 0.3) is 0 Å². The molecule has 0 N–H and O–H groups in total. The van der Waals surface area contributed by atoms with E-state index >= 15 is 4.39 Å². The molecular formula is C36H53FO3. The monoisotopic (exact) mass is 552 g/mol. The van der Waals surface area contributed by atoms with Gasteiger partial charge in [0, 0.05) is 5.92 Å². The van der Waals surface area contributed by atoms with Gasteiger partial charge in [-0.3, -0.25) is 0 Å². The predicted molar refractivity (Wildman–Crippen MR) is 163 cm³/mol. The van der Waals surface area contributed by atoms with E-state index in [0.29, 0.717) is 17.9 Å². The molecule has 3 aliphatic carbocycles. The Morgan fingerprint density at radius 1 is 0.800 bits per heavy atom. The highest BCUT2D eigenvalue weighted by Crippen LogP contribution is 2.43. The smallest absolute Gasteiger partial charge is 0.346 e. The van der Waals surface area contributed by atoms with E-state index in [4.69, 9.17) is 9.15 Å². The van der Waals surface area contributed by atoms with E-state index < -0.39 is 11.4 Å². The number of ether oxygens (including phenoxy) is 1. The van der Waals surface area contributed by atoms with Gasteiger partial charge in [0.1, 0.15) is 11.1 Å². The third kappa shape index (κ3) is 7.32. The summed E-state index contributed by atoms with van der Waals surface area (Å²) in [5.41, 5.74) is -0.566. The van der Waals surface area contributed by atoms with Crippen LogP contribution < -0.4 is 10.4 Å². The van der Waals surface area contributed by atoms with Crippen LogP contribution in [0.3, 0.4) is 0 Å². The number of benzene rings is 1. The lowest BCUT2D eigenvalue weighted by Crippen LogP contribution is -2.27. The summed E-state index contributed by atoms with van der Waals surface area (Å²) in [6.45, 7) is 5.07. The standard InChI is InChI=1S/C36H53FO3/c1-3-5-6-7-8-26-11-15-28(16-12-26)29-17-13-27(14-18-29)24-39-32-22-21-31-23-33(40-36(38)34(31)35(32)37)30-19-9-25(4-2)10-20-30/h21-23,25-30H,3-20,24H2,1-2H3. The summed E-state index contributed by atoms with van der Waals surface area (Å²) in [6, 6.07) is 5.44. The highest BCUT2D eigenvalue weighted by molar-refractivity contribution is 5.83. The maximum absolute atomic E-state index is 15.4. The average Bonchev–Trinajstić information content (AvgIpc) is 2.99. The van der Waals surface area contributed by atoms with Crippen LogP contribution in [-0.4, -0.2) is 6.61 Å². The Morgan fingerprint density at radius 3 is 2.10 bits per heavy atom. The molecule has 0 saturated heterocycles. The largest absolute Gasteiger partial charge is 0.490 e. The first kappa shape index (κ1) is 29.6. The first-order chi connectivity index (χ1) is 19.6. The van der Waals surface area contributed by atoms with Crippen LogP contribution in [0.2, 0.25) is 0 Å². The van der Waals surface area contributed by atoms with Crippen LogP contribution in [0.4, 0.5) is 4.39 Å². The number of halogens is 1. The maximum Gasteiger partial charge on any atom is 0.346 e. The molecule has 0 atom stereocenters. The van der Waals surface area contributed by atoms with E-state index in [1.54, 1.807) is 6.07 Å². The Morgan fingerprint density at radius 2 is 1.45 bits per heavy atom. The molecule has 0 unspecified atom stereocenters. The molecule has 1 heterocycles. The fraction of sp³-hybridized carbons (Fsp3) is 0.750. The molecule has 0 radical (unpaired) electrons. The highest BCUT2D eigenvalue weighted by Gasteiger charge is 2.31. The zero-order chi connectivity index (χ0) is 27.9. The minimum absolute atomic E-state index is 0.0353. The minimum atomic E-state index is -0.566. The Bertz CT molecular complexity index is 1110. The van der Waals surface area contributed by atoms with Gasteiger partial charge in [-0.05, 0) is 111 Å². The van der Waals surface area contributed by atoms with Gasteiger partial charge in [-0.1, -0.05) is 71.3 Å². The van der Waals surface area contributed by atoms with Gasteiger partial charge in [0.2, 0.25) is 0 Å². The van der Waals surface area contributed by atoms with Crippen molar-refractivity contribution in [2.75, 3.05) is 6.61 Å². The SMILES string of the molecule is CCCCCCC1CCC(C2CCC(COc3ccc4cc(C5CCC(CC)CC5)oc(=O)c4c3F)CC2)CC1. The van der Waals surface area contributed by atoms with Crippen molar-refractivity contribution in [3.05, 3.63) is 40.2 Å². The third-order valence-corrected chi connectivity index (χ3v) is 11.1. The minimum Gasteiger partial charge on any atom is -0.490 e. The summed E-state index contributed by atoms with van der Waals surface area (Å²) in [6.07, 6.45) is 23.3. The van der Waals surface area contributed by atoms with Crippen molar-refractivity contribution in [1.29, 1.82) is 0 Å². The molecule has 3 aliphatic rings. The van der Waals surface area contributed by atoms with E-state index in [0.717, 1.165) is 42.3 Å². The predicted octanol–water partition coefficient (Wildman–Crippen LogP) is 10.6.